The van der Waals surface area contributed by atoms with Crippen LogP contribution in [-0.2, 0) is 12.8 Å². The van der Waals surface area contributed by atoms with Crippen LogP contribution in [0.25, 0.3) is 0 Å². The van der Waals surface area contributed by atoms with Crippen LogP contribution in [0.2, 0.25) is 0 Å². The SMILES string of the molecule is [CH2-][P+](c1cc(CC)cc(CC)c1)(C1CCCCC1)C1CCCCC1. The van der Waals surface area contributed by atoms with Crippen molar-refractivity contribution < 1.29 is 0 Å². The van der Waals surface area contributed by atoms with Crippen LogP contribution < -0.4 is 5.30 Å². The number of hydrogen-bond donors (Lipinski definition) is 0. The lowest BCUT2D eigenvalue weighted by atomic mass is 9.99. The molecule has 1 heteroatoms. The predicted octanol–water partition coefficient (Wildman–Crippen LogP) is 6.91. The third-order valence-electron chi connectivity index (χ3n) is 6.79. The zero-order chi connectivity index (χ0) is 17.0. The van der Waals surface area contributed by atoms with Crippen molar-refractivity contribution in [2.75, 3.05) is 0 Å². The maximum Gasteiger partial charge on any atom is 0.0656 e. The Bertz CT molecular complexity index is 481. The molecule has 0 heterocycles. The van der Waals surface area contributed by atoms with E-state index < -0.39 is 7.26 Å². The molecular weight excluding hydrogens is 307 g/mol. The molecule has 0 nitrogen and oxygen atoms in total. The first-order valence-electron chi connectivity index (χ1n) is 10.5. The highest BCUT2D eigenvalue weighted by Gasteiger charge is 2.44. The molecule has 134 valence electrons. The molecule has 0 N–H and O–H groups in total. The summed E-state index contributed by atoms with van der Waals surface area (Å²) in [7, 11) is -1.30. The fraction of sp³-hybridized carbons (Fsp3) is 0.696. The number of hydrogen-bond acceptors (Lipinski definition) is 0. The van der Waals surface area contributed by atoms with Gasteiger partial charge in [-0.15, -0.1) is 0 Å². The Morgan fingerprint density at radius 3 is 1.54 bits per heavy atom. The molecule has 2 aliphatic carbocycles. The topological polar surface area (TPSA) is 0 Å². The van der Waals surface area contributed by atoms with E-state index in [0.717, 1.165) is 24.2 Å². The van der Waals surface area contributed by atoms with Crippen molar-refractivity contribution in [3.05, 3.63) is 36.0 Å². The van der Waals surface area contributed by atoms with Crippen molar-refractivity contribution in [3.63, 3.8) is 0 Å². The minimum Gasteiger partial charge on any atom is -0.174 e. The highest BCUT2D eigenvalue weighted by molar-refractivity contribution is 7.85. The molecule has 0 aromatic heterocycles. The standard InChI is InChI=1S/C23H37P/c1-4-19-16-20(5-2)18-23(17-19)24(3,21-12-8-6-9-13-21)22-14-10-7-11-15-22/h16-18,21-22H,3-15H2,1-2H3. The fourth-order valence-electron chi connectivity index (χ4n) is 5.19. The number of benzene rings is 1. The third-order valence-corrected chi connectivity index (χ3v) is 11.6. The summed E-state index contributed by atoms with van der Waals surface area (Å²) in [5.74, 6) is 0. The van der Waals surface area contributed by atoms with Gasteiger partial charge in [-0.3, -0.25) is 0 Å². The summed E-state index contributed by atoms with van der Waals surface area (Å²) in [4.78, 5) is 0. The second kappa shape index (κ2) is 8.35. The largest absolute Gasteiger partial charge is 0.174 e. The molecule has 24 heavy (non-hydrogen) atoms. The molecule has 0 radical (unpaired) electrons. The van der Waals surface area contributed by atoms with Gasteiger partial charge in [0.2, 0.25) is 0 Å². The quantitative estimate of drug-likeness (QED) is 0.402. The predicted molar refractivity (Wildman–Crippen MR) is 111 cm³/mol. The average Bonchev–Trinajstić information content (AvgIpc) is 2.68. The Balaban J connectivity index is 2.02. The minimum atomic E-state index is -1.30. The molecule has 0 saturated heterocycles. The molecule has 0 bridgehead atoms. The Labute approximate surface area is 151 Å². The Morgan fingerprint density at radius 1 is 0.750 bits per heavy atom. The zero-order valence-electron chi connectivity index (χ0n) is 16.0. The van der Waals surface area contributed by atoms with Crippen molar-refractivity contribution in [1.82, 2.24) is 0 Å². The van der Waals surface area contributed by atoms with Gasteiger partial charge in [0.25, 0.3) is 0 Å². The van der Waals surface area contributed by atoms with Crippen molar-refractivity contribution in [1.29, 1.82) is 0 Å². The summed E-state index contributed by atoms with van der Waals surface area (Å²) in [5, 5.41) is 1.69. The van der Waals surface area contributed by atoms with Gasteiger partial charge in [0, 0.05) is 11.3 Å². The first-order valence-corrected chi connectivity index (χ1v) is 12.7. The zero-order valence-corrected chi connectivity index (χ0v) is 16.9. The van der Waals surface area contributed by atoms with E-state index in [-0.39, 0.29) is 0 Å². The van der Waals surface area contributed by atoms with Crippen LogP contribution in [0.1, 0.15) is 89.2 Å². The summed E-state index contributed by atoms with van der Waals surface area (Å²) < 4.78 is 0. The van der Waals surface area contributed by atoms with Crippen LogP contribution in [0.3, 0.4) is 0 Å². The molecule has 0 atom stereocenters. The van der Waals surface area contributed by atoms with Gasteiger partial charge in [0.15, 0.2) is 0 Å². The lowest BCUT2D eigenvalue weighted by molar-refractivity contribution is 0.483. The van der Waals surface area contributed by atoms with Crippen molar-refractivity contribution >= 4 is 12.6 Å². The monoisotopic (exact) mass is 344 g/mol. The lowest BCUT2D eigenvalue weighted by Gasteiger charge is -2.47. The summed E-state index contributed by atoms with van der Waals surface area (Å²) in [5.41, 5.74) is 4.91. The van der Waals surface area contributed by atoms with Gasteiger partial charge >= 0.3 is 0 Å². The van der Waals surface area contributed by atoms with E-state index >= 15 is 0 Å². The molecule has 0 spiro atoms. The van der Waals surface area contributed by atoms with Crippen LogP contribution in [-0.4, -0.2) is 11.3 Å². The maximum absolute atomic E-state index is 5.15. The van der Waals surface area contributed by atoms with E-state index in [4.69, 9.17) is 6.66 Å². The van der Waals surface area contributed by atoms with Gasteiger partial charge in [0.1, 0.15) is 0 Å². The molecule has 0 amide bonds. The van der Waals surface area contributed by atoms with Gasteiger partial charge in [0.05, 0.1) is 5.30 Å². The molecule has 0 aliphatic heterocycles. The van der Waals surface area contributed by atoms with Crippen molar-refractivity contribution in [3.8, 4) is 0 Å². The molecular formula is C23H37P. The van der Waals surface area contributed by atoms with E-state index in [1.54, 1.807) is 16.4 Å². The van der Waals surface area contributed by atoms with E-state index in [0.29, 0.717) is 0 Å². The van der Waals surface area contributed by atoms with Gasteiger partial charge in [-0.1, -0.05) is 40.0 Å². The van der Waals surface area contributed by atoms with Crippen molar-refractivity contribution in [2.24, 2.45) is 0 Å². The molecule has 1 aromatic rings. The smallest absolute Gasteiger partial charge is 0.0656 e. The second-order valence-electron chi connectivity index (χ2n) is 8.23. The summed E-state index contributed by atoms with van der Waals surface area (Å²) in [6, 6.07) is 7.59. The Kier molecular flexibility index (Phi) is 6.42. The summed E-state index contributed by atoms with van der Waals surface area (Å²) in [6.07, 6.45) is 16.8. The lowest BCUT2D eigenvalue weighted by Crippen LogP contribution is -2.33. The molecule has 2 fully saturated rings. The Morgan fingerprint density at radius 2 is 1.17 bits per heavy atom. The summed E-state index contributed by atoms with van der Waals surface area (Å²) >= 11 is 0. The molecule has 1 aromatic carbocycles. The normalized spacial score (nSPS) is 21.1. The molecule has 0 unspecified atom stereocenters. The van der Waals surface area contributed by atoms with Gasteiger partial charge in [-0.25, -0.2) is 0 Å². The average molecular weight is 345 g/mol. The molecule has 3 rings (SSSR count). The van der Waals surface area contributed by atoms with E-state index in [1.165, 1.54) is 64.2 Å². The van der Waals surface area contributed by atoms with Gasteiger partial charge in [-0.05, 0) is 87.5 Å². The van der Waals surface area contributed by atoms with Gasteiger partial charge in [-0.2, -0.15) is 6.66 Å². The first-order chi connectivity index (χ1) is 11.7. The van der Waals surface area contributed by atoms with E-state index in [1.807, 2.05) is 0 Å². The maximum atomic E-state index is 5.15. The fourth-order valence-corrected chi connectivity index (χ4v) is 10.0. The van der Waals surface area contributed by atoms with E-state index in [2.05, 4.69) is 32.0 Å². The molecule has 2 aliphatic rings. The van der Waals surface area contributed by atoms with Gasteiger partial charge < -0.3 is 0 Å². The van der Waals surface area contributed by atoms with Crippen LogP contribution in [0.4, 0.5) is 0 Å². The highest BCUT2D eigenvalue weighted by atomic mass is 31.2. The van der Waals surface area contributed by atoms with Crippen LogP contribution in [0.5, 0.6) is 0 Å². The van der Waals surface area contributed by atoms with Crippen molar-refractivity contribution in [2.45, 2.75) is 102 Å². The number of aryl methyl sites for hydroxylation is 2. The first kappa shape index (κ1) is 18.4. The minimum absolute atomic E-state index is 0.908. The number of rotatable bonds is 5. The second-order valence-corrected chi connectivity index (χ2v) is 12.1. The Hall–Kier alpha value is -0.350. The van der Waals surface area contributed by atoms with Crippen LogP contribution in [0.15, 0.2) is 18.2 Å². The summed E-state index contributed by atoms with van der Waals surface area (Å²) in [6.45, 7) is 9.77. The highest BCUT2D eigenvalue weighted by Crippen LogP contribution is 2.70. The van der Waals surface area contributed by atoms with Crippen LogP contribution in [0, 0.1) is 6.66 Å². The van der Waals surface area contributed by atoms with E-state index in [9.17, 15) is 0 Å². The molecule has 2 saturated carbocycles. The third kappa shape index (κ3) is 3.75. The van der Waals surface area contributed by atoms with Crippen LogP contribution >= 0.6 is 7.26 Å².